The molecule has 0 spiro atoms. The Morgan fingerprint density at radius 3 is 2.86 bits per heavy atom. The molecule has 1 aromatic carbocycles. The summed E-state index contributed by atoms with van der Waals surface area (Å²) < 4.78 is 2.20. The standard InChI is InChI=1S/C12H16N2/c1-2-10-3-4-12-11(9-10)5-7-14(12)8-6-13/h3-5,7,9H,2,6,8,13H2,1H3. The second kappa shape index (κ2) is 3.84. The predicted molar refractivity (Wildman–Crippen MR) is 60.4 cm³/mol. The number of nitrogens with zero attached hydrogens (tertiary/aromatic N) is 1. The molecule has 0 saturated heterocycles. The summed E-state index contributed by atoms with van der Waals surface area (Å²) in [7, 11) is 0. The molecule has 0 radical (unpaired) electrons. The number of hydrogen-bond acceptors (Lipinski definition) is 1. The highest BCUT2D eigenvalue weighted by molar-refractivity contribution is 5.80. The van der Waals surface area contributed by atoms with Gasteiger partial charge in [-0.05, 0) is 35.6 Å². The first-order chi connectivity index (χ1) is 6.85. The molecule has 0 saturated carbocycles. The second-order valence-electron chi connectivity index (χ2n) is 3.54. The van der Waals surface area contributed by atoms with Crippen LogP contribution in [0.4, 0.5) is 0 Å². The Bertz CT molecular complexity index is 429. The van der Waals surface area contributed by atoms with Gasteiger partial charge in [-0.25, -0.2) is 0 Å². The Labute approximate surface area is 84.3 Å². The van der Waals surface area contributed by atoms with Crippen LogP contribution >= 0.6 is 0 Å². The molecule has 2 nitrogen and oxygen atoms in total. The highest BCUT2D eigenvalue weighted by Crippen LogP contribution is 2.17. The minimum Gasteiger partial charge on any atom is -0.346 e. The monoisotopic (exact) mass is 188 g/mol. The van der Waals surface area contributed by atoms with Crippen LogP contribution in [0.5, 0.6) is 0 Å². The number of rotatable bonds is 3. The van der Waals surface area contributed by atoms with Crippen molar-refractivity contribution in [1.29, 1.82) is 0 Å². The Hall–Kier alpha value is -1.28. The Balaban J connectivity index is 2.48. The lowest BCUT2D eigenvalue weighted by molar-refractivity contribution is 0.735. The predicted octanol–water partition coefficient (Wildman–Crippen LogP) is 2.16. The zero-order valence-corrected chi connectivity index (χ0v) is 8.53. The summed E-state index contributed by atoms with van der Waals surface area (Å²) in [6, 6.07) is 8.78. The van der Waals surface area contributed by atoms with E-state index in [-0.39, 0.29) is 0 Å². The summed E-state index contributed by atoms with van der Waals surface area (Å²) in [6.07, 6.45) is 3.20. The van der Waals surface area contributed by atoms with Crippen LogP contribution in [0.1, 0.15) is 12.5 Å². The summed E-state index contributed by atoms with van der Waals surface area (Å²) in [6.45, 7) is 3.77. The van der Waals surface area contributed by atoms with E-state index in [4.69, 9.17) is 5.73 Å². The molecule has 74 valence electrons. The number of fused-ring (bicyclic) bond motifs is 1. The van der Waals surface area contributed by atoms with Crippen LogP contribution in [-0.2, 0) is 13.0 Å². The van der Waals surface area contributed by atoms with Gasteiger partial charge in [0.05, 0.1) is 0 Å². The number of aromatic nitrogens is 1. The lowest BCUT2D eigenvalue weighted by atomic mass is 10.1. The van der Waals surface area contributed by atoms with Gasteiger partial charge in [0.15, 0.2) is 0 Å². The van der Waals surface area contributed by atoms with Crippen LogP contribution in [0.15, 0.2) is 30.5 Å². The van der Waals surface area contributed by atoms with Crippen LogP contribution in [0.2, 0.25) is 0 Å². The molecule has 0 unspecified atom stereocenters. The maximum Gasteiger partial charge on any atom is 0.0480 e. The second-order valence-corrected chi connectivity index (χ2v) is 3.54. The Morgan fingerprint density at radius 2 is 2.14 bits per heavy atom. The normalized spacial score (nSPS) is 11.0. The van der Waals surface area contributed by atoms with Gasteiger partial charge in [-0.1, -0.05) is 13.0 Å². The fourth-order valence-corrected chi connectivity index (χ4v) is 1.80. The lowest BCUT2D eigenvalue weighted by Crippen LogP contribution is -2.08. The number of nitrogens with two attached hydrogens (primary N) is 1. The van der Waals surface area contributed by atoms with E-state index in [1.54, 1.807) is 0 Å². The molecular weight excluding hydrogens is 172 g/mol. The van der Waals surface area contributed by atoms with Crippen molar-refractivity contribution in [1.82, 2.24) is 4.57 Å². The molecule has 2 aromatic rings. The molecule has 0 amide bonds. The molecule has 2 rings (SSSR count). The van der Waals surface area contributed by atoms with E-state index in [2.05, 4.69) is 42.0 Å². The van der Waals surface area contributed by atoms with Crippen molar-refractivity contribution < 1.29 is 0 Å². The highest BCUT2D eigenvalue weighted by Gasteiger charge is 2.00. The molecule has 1 heterocycles. The maximum atomic E-state index is 5.55. The molecule has 0 aliphatic rings. The molecule has 14 heavy (non-hydrogen) atoms. The van der Waals surface area contributed by atoms with Crippen LogP contribution in [0, 0.1) is 0 Å². The van der Waals surface area contributed by atoms with Crippen molar-refractivity contribution in [3.8, 4) is 0 Å². The average Bonchev–Trinajstić information content (AvgIpc) is 2.61. The van der Waals surface area contributed by atoms with E-state index < -0.39 is 0 Å². The zero-order valence-electron chi connectivity index (χ0n) is 8.53. The van der Waals surface area contributed by atoms with E-state index in [0.29, 0.717) is 6.54 Å². The van der Waals surface area contributed by atoms with Gasteiger partial charge < -0.3 is 10.3 Å². The average molecular weight is 188 g/mol. The zero-order chi connectivity index (χ0) is 9.97. The van der Waals surface area contributed by atoms with Crippen LogP contribution in [0.3, 0.4) is 0 Å². The van der Waals surface area contributed by atoms with Crippen molar-refractivity contribution >= 4 is 10.9 Å². The van der Waals surface area contributed by atoms with E-state index in [9.17, 15) is 0 Å². The first kappa shape index (κ1) is 9.28. The third-order valence-electron chi connectivity index (χ3n) is 2.61. The van der Waals surface area contributed by atoms with Crippen LogP contribution in [-0.4, -0.2) is 11.1 Å². The summed E-state index contributed by atoms with van der Waals surface area (Å²) in [5.74, 6) is 0. The molecule has 0 aliphatic heterocycles. The molecule has 0 fully saturated rings. The smallest absolute Gasteiger partial charge is 0.0480 e. The molecule has 0 atom stereocenters. The van der Waals surface area contributed by atoms with Crippen molar-refractivity contribution in [3.63, 3.8) is 0 Å². The quantitative estimate of drug-likeness (QED) is 0.786. The topological polar surface area (TPSA) is 30.9 Å². The Morgan fingerprint density at radius 1 is 1.29 bits per heavy atom. The third kappa shape index (κ3) is 1.53. The van der Waals surface area contributed by atoms with Crippen molar-refractivity contribution in [3.05, 3.63) is 36.0 Å². The number of benzene rings is 1. The SMILES string of the molecule is CCc1ccc2c(ccn2CCN)c1. The first-order valence-corrected chi connectivity index (χ1v) is 5.13. The summed E-state index contributed by atoms with van der Waals surface area (Å²) in [5, 5.41) is 1.32. The van der Waals surface area contributed by atoms with Crippen molar-refractivity contribution in [2.45, 2.75) is 19.9 Å². The van der Waals surface area contributed by atoms with E-state index in [1.165, 1.54) is 16.5 Å². The van der Waals surface area contributed by atoms with Gasteiger partial charge in [0.2, 0.25) is 0 Å². The van der Waals surface area contributed by atoms with Crippen molar-refractivity contribution in [2.75, 3.05) is 6.54 Å². The molecule has 2 heteroatoms. The number of hydrogen-bond donors (Lipinski definition) is 1. The van der Waals surface area contributed by atoms with Crippen molar-refractivity contribution in [2.24, 2.45) is 5.73 Å². The third-order valence-corrected chi connectivity index (χ3v) is 2.61. The van der Waals surface area contributed by atoms with Gasteiger partial charge in [0.25, 0.3) is 0 Å². The lowest BCUT2D eigenvalue weighted by Gasteiger charge is -2.03. The van der Waals surface area contributed by atoms with E-state index in [1.807, 2.05) is 0 Å². The summed E-state index contributed by atoms with van der Waals surface area (Å²) in [5.41, 5.74) is 8.22. The summed E-state index contributed by atoms with van der Waals surface area (Å²) >= 11 is 0. The fraction of sp³-hybridized carbons (Fsp3) is 0.333. The fourth-order valence-electron chi connectivity index (χ4n) is 1.80. The molecule has 0 aliphatic carbocycles. The maximum absolute atomic E-state index is 5.55. The minimum atomic E-state index is 0.694. The molecule has 0 bridgehead atoms. The van der Waals surface area contributed by atoms with Gasteiger partial charge in [0, 0.05) is 24.8 Å². The molecule has 2 N–H and O–H groups in total. The Kier molecular flexibility index (Phi) is 2.55. The first-order valence-electron chi connectivity index (χ1n) is 5.13. The van der Waals surface area contributed by atoms with Gasteiger partial charge >= 0.3 is 0 Å². The van der Waals surface area contributed by atoms with Gasteiger partial charge in [-0.2, -0.15) is 0 Å². The largest absolute Gasteiger partial charge is 0.346 e. The van der Waals surface area contributed by atoms with Crippen LogP contribution < -0.4 is 5.73 Å². The molecule has 1 aromatic heterocycles. The van der Waals surface area contributed by atoms with Gasteiger partial charge in [0.1, 0.15) is 0 Å². The van der Waals surface area contributed by atoms with E-state index >= 15 is 0 Å². The van der Waals surface area contributed by atoms with E-state index in [0.717, 1.165) is 13.0 Å². The van der Waals surface area contributed by atoms with Crippen LogP contribution in [0.25, 0.3) is 10.9 Å². The van der Waals surface area contributed by atoms with Gasteiger partial charge in [-0.3, -0.25) is 0 Å². The summed E-state index contributed by atoms with van der Waals surface area (Å²) in [4.78, 5) is 0. The molecular formula is C12H16N2. The van der Waals surface area contributed by atoms with Gasteiger partial charge in [-0.15, -0.1) is 0 Å². The highest BCUT2D eigenvalue weighted by atomic mass is 15.0. The minimum absolute atomic E-state index is 0.694. The number of aryl methyl sites for hydroxylation is 1.